The Morgan fingerprint density at radius 1 is 1.09 bits per heavy atom. The molecular formula is C25H20ClF2NO2S. The second-order valence-electron chi connectivity index (χ2n) is 7.67. The van der Waals surface area contributed by atoms with E-state index in [1.807, 2.05) is 23.6 Å². The van der Waals surface area contributed by atoms with Crippen molar-refractivity contribution < 1.29 is 18.4 Å². The largest absolute Gasteiger partial charge is 0.324 e. The number of nitrogens with zero attached hydrogens (tertiary/aromatic N) is 1. The summed E-state index contributed by atoms with van der Waals surface area (Å²) in [4.78, 5) is 29.4. The Morgan fingerprint density at radius 3 is 2.47 bits per heavy atom. The fourth-order valence-corrected chi connectivity index (χ4v) is 5.28. The molecule has 0 N–H and O–H groups in total. The van der Waals surface area contributed by atoms with Crippen LogP contribution in [0.3, 0.4) is 0 Å². The summed E-state index contributed by atoms with van der Waals surface area (Å²) < 4.78 is 28.9. The van der Waals surface area contributed by atoms with Crippen LogP contribution >= 0.6 is 22.9 Å². The zero-order valence-electron chi connectivity index (χ0n) is 17.3. The summed E-state index contributed by atoms with van der Waals surface area (Å²) >= 11 is 8.00. The predicted molar refractivity (Wildman–Crippen MR) is 123 cm³/mol. The van der Waals surface area contributed by atoms with E-state index in [0.29, 0.717) is 29.0 Å². The van der Waals surface area contributed by atoms with Gasteiger partial charge in [-0.05, 0) is 60.6 Å². The van der Waals surface area contributed by atoms with Crippen molar-refractivity contribution in [1.82, 2.24) is 4.90 Å². The second-order valence-corrected chi connectivity index (χ2v) is 9.06. The third-order valence-corrected chi connectivity index (χ3v) is 7.03. The average molecular weight is 472 g/mol. The highest BCUT2D eigenvalue weighted by molar-refractivity contribution is 7.10. The zero-order chi connectivity index (χ0) is 22.9. The Labute approximate surface area is 193 Å². The maximum absolute atomic E-state index is 14.5. The first-order valence-corrected chi connectivity index (χ1v) is 11.4. The SMILES string of the molecule is CN(C(=O)c1c(F)cccc1F)[C@]1(c2ccccc2Cl)CCC/C(=C\c2cccs2)C1=O. The lowest BCUT2D eigenvalue weighted by Crippen LogP contribution is -2.55. The van der Waals surface area contributed by atoms with Crippen molar-refractivity contribution >= 4 is 40.7 Å². The quantitative estimate of drug-likeness (QED) is 0.408. The molecule has 0 unspecified atom stereocenters. The molecule has 1 fully saturated rings. The zero-order valence-corrected chi connectivity index (χ0v) is 18.9. The Morgan fingerprint density at radius 2 is 1.81 bits per heavy atom. The van der Waals surface area contributed by atoms with E-state index >= 15 is 0 Å². The summed E-state index contributed by atoms with van der Waals surface area (Å²) in [6.45, 7) is 0. The van der Waals surface area contributed by atoms with Crippen LogP contribution in [0.5, 0.6) is 0 Å². The van der Waals surface area contributed by atoms with Gasteiger partial charge < -0.3 is 4.90 Å². The van der Waals surface area contributed by atoms with E-state index in [4.69, 9.17) is 11.6 Å². The number of thiophene rings is 1. The number of rotatable bonds is 4. The second kappa shape index (κ2) is 8.96. The molecule has 0 bridgehead atoms. The molecule has 0 aliphatic heterocycles. The van der Waals surface area contributed by atoms with E-state index in [2.05, 4.69) is 0 Å². The third-order valence-electron chi connectivity index (χ3n) is 5.88. The molecule has 1 saturated carbocycles. The first-order valence-electron chi connectivity index (χ1n) is 10.1. The van der Waals surface area contributed by atoms with Crippen LogP contribution < -0.4 is 0 Å². The average Bonchev–Trinajstić information content (AvgIpc) is 3.28. The number of hydrogen-bond acceptors (Lipinski definition) is 3. The van der Waals surface area contributed by atoms with Gasteiger partial charge in [0, 0.05) is 22.5 Å². The number of amides is 1. The topological polar surface area (TPSA) is 37.4 Å². The number of benzene rings is 2. The molecule has 1 atom stereocenters. The summed E-state index contributed by atoms with van der Waals surface area (Å²) in [5.41, 5.74) is -1.18. The van der Waals surface area contributed by atoms with Gasteiger partial charge in [0.2, 0.25) is 0 Å². The number of ketones is 1. The van der Waals surface area contributed by atoms with E-state index in [1.165, 1.54) is 24.5 Å². The van der Waals surface area contributed by atoms with Crippen molar-refractivity contribution in [2.45, 2.75) is 24.8 Å². The van der Waals surface area contributed by atoms with Crippen molar-refractivity contribution in [3.8, 4) is 0 Å². The highest BCUT2D eigenvalue weighted by atomic mass is 35.5. The molecule has 1 amide bonds. The van der Waals surface area contributed by atoms with Crippen molar-refractivity contribution in [2.24, 2.45) is 0 Å². The fraction of sp³-hybridized carbons (Fsp3) is 0.200. The van der Waals surface area contributed by atoms with Crippen molar-refractivity contribution in [3.63, 3.8) is 0 Å². The molecule has 0 saturated heterocycles. The van der Waals surface area contributed by atoms with Gasteiger partial charge in [-0.3, -0.25) is 9.59 Å². The number of carbonyl (C=O) groups excluding carboxylic acids is 2. The monoisotopic (exact) mass is 471 g/mol. The normalized spacial score (nSPS) is 19.9. The number of carbonyl (C=O) groups is 2. The van der Waals surface area contributed by atoms with Crippen molar-refractivity contribution in [2.75, 3.05) is 7.05 Å². The molecule has 3 nitrogen and oxygen atoms in total. The molecule has 0 spiro atoms. The maximum Gasteiger partial charge on any atom is 0.260 e. The molecule has 1 aliphatic carbocycles. The van der Waals surface area contributed by atoms with E-state index in [9.17, 15) is 18.4 Å². The number of likely N-dealkylation sites (N-methyl/N-ethyl adjacent to an activating group) is 1. The smallest absolute Gasteiger partial charge is 0.260 e. The lowest BCUT2D eigenvalue weighted by atomic mass is 9.71. The molecule has 0 radical (unpaired) electrons. The molecule has 7 heteroatoms. The standard InChI is InChI=1S/C25H20ClF2NO2S/c1-29(24(31)22-20(27)11-4-12-21(22)28)25(18-9-2-3-10-19(18)26)13-5-7-16(23(25)30)15-17-8-6-14-32-17/h2-4,6,8-12,14-15H,5,7,13H2,1H3/b16-15+/t25-/m0/s1. The molecule has 1 heterocycles. The molecule has 3 aromatic rings. The minimum absolute atomic E-state index is 0.287. The first kappa shape index (κ1) is 22.4. The Balaban J connectivity index is 1.89. The molecule has 164 valence electrons. The Bertz CT molecular complexity index is 1190. The summed E-state index contributed by atoms with van der Waals surface area (Å²) in [6, 6.07) is 13.8. The summed E-state index contributed by atoms with van der Waals surface area (Å²) in [5.74, 6) is -3.16. The molecular weight excluding hydrogens is 452 g/mol. The van der Waals surface area contributed by atoms with Gasteiger partial charge in [0.05, 0.1) is 0 Å². The highest BCUT2D eigenvalue weighted by Crippen LogP contribution is 2.45. The highest BCUT2D eigenvalue weighted by Gasteiger charge is 2.50. The maximum atomic E-state index is 14.5. The van der Waals surface area contributed by atoms with Gasteiger partial charge in [-0.15, -0.1) is 11.3 Å². The van der Waals surface area contributed by atoms with E-state index in [0.717, 1.165) is 21.9 Å². The van der Waals surface area contributed by atoms with Gasteiger partial charge in [-0.2, -0.15) is 0 Å². The van der Waals surface area contributed by atoms with Crippen LogP contribution in [0.1, 0.15) is 40.1 Å². The summed E-state index contributed by atoms with van der Waals surface area (Å²) in [6.07, 6.45) is 3.25. The van der Waals surface area contributed by atoms with Crippen molar-refractivity contribution in [1.29, 1.82) is 0 Å². The van der Waals surface area contributed by atoms with E-state index < -0.39 is 28.6 Å². The van der Waals surface area contributed by atoms with Crippen LogP contribution in [0.15, 0.2) is 65.6 Å². The third kappa shape index (κ3) is 3.78. The predicted octanol–water partition coefficient (Wildman–Crippen LogP) is 6.48. The van der Waals surface area contributed by atoms with Crippen molar-refractivity contribution in [3.05, 3.63) is 98.2 Å². The van der Waals surface area contributed by atoms with E-state index in [-0.39, 0.29) is 12.2 Å². The number of hydrogen-bond donors (Lipinski definition) is 0. The van der Waals surface area contributed by atoms with Crippen LogP contribution in [0.25, 0.3) is 6.08 Å². The fourth-order valence-electron chi connectivity index (χ4n) is 4.31. The molecule has 2 aromatic carbocycles. The Hall–Kier alpha value is -2.83. The first-order chi connectivity index (χ1) is 15.4. The van der Waals surface area contributed by atoms with Gasteiger partial charge in [0.1, 0.15) is 22.7 Å². The molecule has 32 heavy (non-hydrogen) atoms. The number of Topliss-reactive ketones (excluding diaryl/α,β-unsaturated/α-hetero) is 1. The molecule has 1 aliphatic rings. The lowest BCUT2D eigenvalue weighted by molar-refractivity contribution is -0.128. The van der Waals surface area contributed by atoms with Crippen LogP contribution in [0.4, 0.5) is 8.78 Å². The van der Waals surface area contributed by atoms with Gasteiger partial charge in [-0.1, -0.05) is 41.9 Å². The lowest BCUT2D eigenvalue weighted by Gasteiger charge is -2.44. The van der Waals surface area contributed by atoms with Crippen LogP contribution in [0, 0.1) is 11.6 Å². The number of halogens is 3. The molecule has 4 rings (SSSR count). The van der Waals surface area contributed by atoms with Gasteiger partial charge in [0.25, 0.3) is 5.91 Å². The van der Waals surface area contributed by atoms with Gasteiger partial charge in [-0.25, -0.2) is 8.78 Å². The minimum atomic E-state index is -1.48. The van der Waals surface area contributed by atoms with Crippen LogP contribution in [0.2, 0.25) is 5.02 Å². The summed E-state index contributed by atoms with van der Waals surface area (Å²) in [7, 11) is 1.41. The summed E-state index contributed by atoms with van der Waals surface area (Å²) in [5, 5.41) is 2.23. The molecule has 1 aromatic heterocycles. The minimum Gasteiger partial charge on any atom is -0.324 e. The van der Waals surface area contributed by atoms with Gasteiger partial charge >= 0.3 is 0 Å². The van der Waals surface area contributed by atoms with Gasteiger partial charge in [0.15, 0.2) is 5.78 Å². The Kier molecular flexibility index (Phi) is 6.26. The van der Waals surface area contributed by atoms with Crippen LogP contribution in [-0.2, 0) is 10.3 Å². The van der Waals surface area contributed by atoms with E-state index in [1.54, 1.807) is 24.3 Å². The van der Waals surface area contributed by atoms with Crippen LogP contribution in [-0.4, -0.2) is 23.6 Å².